The first-order valence-electron chi connectivity index (χ1n) is 9.30. The number of aliphatic carboxylic acids is 1. The van der Waals surface area contributed by atoms with E-state index in [-0.39, 0.29) is 30.6 Å². The molecule has 2 aliphatic carbocycles. The Balaban J connectivity index is 1.53. The summed E-state index contributed by atoms with van der Waals surface area (Å²) in [6.45, 7) is 4.74. The quantitative estimate of drug-likeness (QED) is 0.698. The van der Waals surface area contributed by atoms with Crippen LogP contribution in [0.4, 0.5) is 0 Å². The summed E-state index contributed by atoms with van der Waals surface area (Å²) >= 11 is 0. The van der Waals surface area contributed by atoms with Gasteiger partial charge in [-0.25, -0.2) is 4.98 Å². The lowest BCUT2D eigenvalue weighted by molar-refractivity contribution is -0.139. The minimum absolute atomic E-state index is 0.0363. The van der Waals surface area contributed by atoms with Crippen LogP contribution in [-0.2, 0) is 4.79 Å². The maximum Gasteiger partial charge on any atom is 0.317 e. The summed E-state index contributed by atoms with van der Waals surface area (Å²) < 4.78 is 5.66. The van der Waals surface area contributed by atoms with Crippen LogP contribution in [-0.4, -0.2) is 58.1 Å². The lowest BCUT2D eigenvalue weighted by Crippen LogP contribution is -2.55. The van der Waals surface area contributed by atoms with Crippen LogP contribution < -0.4 is 10.1 Å². The van der Waals surface area contributed by atoms with E-state index < -0.39 is 5.97 Å². The average molecular weight is 361 g/mol. The number of nitrogens with zero attached hydrogens (tertiary/aromatic N) is 2. The van der Waals surface area contributed by atoms with Crippen molar-refractivity contribution in [3.8, 4) is 5.75 Å². The lowest BCUT2D eigenvalue weighted by Gasteiger charge is -2.42. The molecule has 0 bridgehead atoms. The zero-order valence-electron chi connectivity index (χ0n) is 15.4. The summed E-state index contributed by atoms with van der Waals surface area (Å²) in [5, 5.41) is 12.1. The number of hydrogen-bond donors (Lipinski definition) is 2. The summed E-state index contributed by atoms with van der Waals surface area (Å²) in [5.74, 6) is 0.100. The third kappa shape index (κ3) is 4.94. The van der Waals surface area contributed by atoms with Crippen molar-refractivity contribution in [2.45, 2.75) is 57.7 Å². The van der Waals surface area contributed by atoms with Crippen molar-refractivity contribution in [3.05, 3.63) is 24.0 Å². The van der Waals surface area contributed by atoms with Crippen molar-refractivity contribution < 1.29 is 19.4 Å². The van der Waals surface area contributed by atoms with E-state index in [2.05, 4.69) is 15.2 Å². The average Bonchev–Trinajstić information content (AvgIpc) is 3.33. The van der Waals surface area contributed by atoms with E-state index in [9.17, 15) is 9.59 Å². The van der Waals surface area contributed by atoms with Crippen molar-refractivity contribution >= 4 is 11.9 Å². The zero-order valence-corrected chi connectivity index (χ0v) is 15.4. The van der Waals surface area contributed by atoms with Crippen molar-refractivity contribution in [2.75, 3.05) is 13.1 Å². The highest BCUT2D eigenvalue weighted by molar-refractivity contribution is 5.95. The first-order chi connectivity index (χ1) is 12.4. The Kier molecular flexibility index (Phi) is 5.76. The number of rotatable bonds is 9. The van der Waals surface area contributed by atoms with Gasteiger partial charge in [0.1, 0.15) is 0 Å². The number of pyridine rings is 1. The molecule has 7 nitrogen and oxygen atoms in total. The Morgan fingerprint density at radius 2 is 2.12 bits per heavy atom. The molecule has 0 radical (unpaired) electrons. The van der Waals surface area contributed by atoms with E-state index in [1.807, 2.05) is 13.8 Å². The van der Waals surface area contributed by atoms with Gasteiger partial charge in [0.05, 0.1) is 12.6 Å². The van der Waals surface area contributed by atoms with E-state index in [0.29, 0.717) is 17.4 Å². The molecule has 0 atom stereocenters. The summed E-state index contributed by atoms with van der Waals surface area (Å²) in [6.07, 6.45) is 5.49. The topological polar surface area (TPSA) is 91.8 Å². The number of hydrogen-bond acceptors (Lipinski definition) is 5. The number of nitrogens with one attached hydrogen (secondary N) is 1. The van der Waals surface area contributed by atoms with Gasteiger partial charge in [-0.05, 0) is 57.6 Å². The normalized spacial score (nSPS) is 22.2. The molecule has 2 saturated carbocycles. The van der Waals surface area contributed by atoms with Gasteiger partial charge in [-0.1, -0.05) is 0 Å². The SMILES string of the molecule is CC(C)Oc1cccnc1C(=O)NC1CC(N(CC(=O)O)CC2CC2)C1. The summed E-state index contributed by atoms with van der Waals surface area (Å²) in [7, 11) is 0. The fourth-order valence-electron chi connectivity index (χ4n) is 3.32. The molecule has 0 aliphatic heterocycles. The van der Waals surface area contributed by atoms with Crippen LogP contribution in [0.3, 0.4) is 0 Å². The van der Waals surface area contributed by atoms with Gasteiger partial charge in [0.15, 0.2) is 11.4 Å². The van der Waals surface area contributed by atoms with Crippen molar-refractivity contribution in [1.29, 1.82) is 0 Å². The van der Waals surface area contributed by atoms with Gasteiger partial charge < -0.3 is 15.2 Å². The lowest BCUT2D eigenvalue weighted by atomic mass is 9.85. The molecule has 1 amide bonds. The number of carboxylic acids is 1. The predicted octanol–water partition coefficient (Wildman–Crippen LogP) is 1.93. The van der Waals surface area contributed by atoms with Crippen molar-refractivity contribution in [3.63, 3.8) is 0 Å². The molecule has 1 aromatic rings. The van der Waals surface area contributed by atoms with E-state index in [0.717, 1.165) is 19.4 Å². The van der Waals surface area contributed by atoms with Gasteiger partial charge in [0.25, 0.3) is 5.91 Å². The Bertz CT molecular complexity index is 654. The van der Waals surface area contributed by atoms with Gasteiger partial charge in [0, 0.05) is 24.8 Å². The Hall–Kier alpha value is -2.15. The molecule has 2 fully saturated rings. The number of aromatic nitrogens is 1. The molecule has 3 rings (SSSR count). The smallest absolute Gasteiger partial charge is 0.317 e. The summed E-state index contributed by atoms with van der Waals surface area (Å²) in [5.41, 5.74) is 0.296. The number of amides is 1. The Morgan fingerprint density at radius 1 is 1.38 bits per heavy atom. The minimum Gasteiger partial charge on any atom is -0.489 e. The highest BCUT2D eigenvalue weighted by Crippen LogP contribution is 2.34. The summed E-state index contributed by atoms with van der Waals surface area (Å²) in [4.78, 5) is 29.8. The molecule has 1 aromatic heterocycles. The molecule has 1 heterocycles. The number of ether oxygens (including phenoxy) is 1. The van der Waals surface area contributed by atoms with Gasteiger partial charge in [-0.2, -0.15) is 0 Å². The standard InChI is InChI=1S/C19H27N3O4/c1-12(2)26-16-4-3-7-20-18(16)19(25)21-14-8-15(9-14)22(11-17(23)24)10-13-5-6-13/h3-4,7,12-15H,5-6,8-11H2,1-2H3,(H,21,25)(H,23,24). The van der Waals surface area contributed by atoms with Gasteiger partial charge in [-0.3, -0.25) is 14.5 Å². The monoisotopic (exact) mass is 361 g/mol. The van der Waals surface area contributed by atoms with E-state index in [1.165, 1.54) is 12.8 Å². The Labute approximate surface area is 153 Å². The second-order valence-electron chi connectivity index (χ2n) is 7.58. The number of carbonyl (C=O) groups excluding carboxylic acids is 1. The van der Waals surface area contributed by atoms with E-state index in [1.54, 1.807) is 18.3 Å². The molecular formula is C19H27N3O4. The molecular weight excluding hydrogens is 334 g/mol. The van der Waals surface area contributed by atoms with Crippen LogP contribution in [0.15, 0.2) is 18.3 Å². The molecule has 7 heteroatoms. The molecule has 0 unspecified atom stereocenters. The third-order valence-corrected chi connectivity index (χ3v) is 4.84. The number of carbonyl (C=O) groups is 2. The van der Waals surface area contributed by atoms with Crippen LogP contribution in [0.1, 0.15) is 50.0 Å². The van der Waals surface area contributed by atoms with Crippen LogP contribution >= 0.6 is 0 Å². The second-order valence-corrected chi connectivity index (χ2v) is 7.58. The third-order valence-electron chi connectivity index (χ3n) is 4.84. The van der Waals surface area contributed by atoms with E-state index >= 15 is 0 Å². The maximum absolute atomic E-state index is 12.5. The van der Waals surface area contributed by atoms with Gasteiger partial charge in [-0.15, -0.1) is 0 Å². The second kappa shape index (κ2) is 8.03. The Morgan fingerprint density at radius 3 is 2.73 bits per heavy atom. The first kappa shape index (κ1) is 18.6. The highest BCUT2D eigenvalue weighted by Gasteiger charge is 2.38. The molecule has 2 aliphatic rings. The fourth-order valence-corrected chi connectivity index (χ4v) is 3.32. The largest absolute Gasteiger partial charge is 0.489 e. The van der Waals surface area contributed by atoms with Crippen molar-refractivity contribution in [2.24, 2.45) is 5.92 Å². The molecule has 0 aromatic carbocycles. The van der Waals surface area contributed by atoms with Gasteiger partial charge in [0.2, 0.25) is 0 Å². The maximum atomic E-state index is 12.5. The summed E-state index contributed by atoms with van der Waals surface area (Å²) in [6, 6.07) is 3.77. The van der Waals surface area contributed by atoms with Crippen LogP contribution in [0.5, 0.6) is 5.75 Å². The van der Waals surface area contributed by atoms with Crippen LogP contribution in [0.25, 0.3) is 0 Å². The molecule has 0 saturated heterocycles. The van der Waals surface area contributed by atoms with Crippen LogP contribution in [0, 0.1) is 5.92 Å². The highest BCUT2D eigenvalue weighted by atomic mass is 16.5. The van der Waals surface area contributed by atoms with E-state index in [4.69, 9.17) is 9.84 Å². The molecule has 142 valence electrons. The molecule has 0 spiro atoms. The number of carboxylic acid groups (broad SMARTS) is 1. The van der Waals surface area contributed by atoms with Crippen LogP contribution in [0.2, 0.25) is 0 Å². The fraction of sp³-hybridized carbons (Fsp3) is 0.632. The molecule has 26 heavy (non-hydrogen) atoms. The molecule has 2 N–H and O–H groups in total. The predicted molar refractivity (Wildman–Crippen MR) is 96.2 cm³/mol. The zero-order chi connectivity index (χ0) is 18.7. The minimum atomic E-state index is -0.790. The van der Waals surface area contributed by atoms with Gasteiger partial charge >= 0.3 is 5.97 Å². The first-order valence-corrected chi connectivity index (χ1v) is 9.30. The van der Waals surface area contributed by atoms with Crippen molar-refractivity contribution in [1.82, 2.24) is 15.2 Å².